The van der Waals surface area contributed by atoms with Crippen LogP contribution in [0.5, 0.6) is 0 Å². The normalized spacial score (nSPS) is 14.2. The number of nitrogens with zero attached hydrogens (tertiary/aromatic N) is 1. The highest BCUT2D eigenvalue weighted by atomic mass is 16.5. The first-order valence-corrected chi connectivity index (χ1v) is 14.2. The van der Waals surface area contributed by atoms with Crippen molar-refractivity contribution in [2.75, 3.05) is 34.3 Å². The smallest absolute Gasteiger partial charge is 0.408 e. The lowest BCUT2D eigenvalue weighted by Crippen LogP contribution is -2.58. The number of rotatable bonds is 18. The van der Waals surface area contributed by atoms with Gasteiger partial charge in [-0.3, -0.25) is 19.2 Å². The first-order chi connectivity index (χ1) is 19.6. The van der Waals surface area contributed by atoms with Gasteiger partial charge in [-0.25, -0.2) is 4.79 Å². The molecule has 0 aromatic heterocycles. The SMILES string of the molecule is CC(C)C[C@H](NC(=O)[C@H](C)NC(=O)OCc1ccccc1)C(=O)N[C@@H](CCCC[N+](C)(C)C)C(=O)N[C@@H](CO)C(N)=O. The molecule has 0 fully saturated rings. The van der Waals surface area contributed by atoms with Crippen molar-refractivity contribution in [1.82, 2.24) is 21.3 Å². The van der Waals surface area contributed by atoms with Crippen molar-refractivity contribution in [3.05, 3.63) is 35.9 Å². The Morgan fingerprint density at radius 3 is 1.95 bits per heavy atom. The molecule has 1 rings (SSSR count). The molecular formula is C29H49N6O7+. The van der Waals surface area contributed by atoms with Crippen LogP contribution < -0.4 is 27.0 Å². The molecular weight excluding hydrogens is 544 g/mol. The molecule has 0 heterocycles. The number of primary amides is 1. The van der Waals surface area contributed by atoms with Gasteiger partial charge in [-0.1, -0.05) is 44.2 Å². The minimum absolute atomic E-state index is 0.00520. The average molecular weight is 594 g/mol. The number of aliphatic hydroxyl groups is 1. The number of carbonyl (C=O) groups is 5. The van der Waals surface area contributed by atoms with Crippen LogP contribution in [0.3, 0.4) is 0 Å². The number of amides is 5. The van der Waals surface area contributed by atoms with E-state index in [-0.39, 0.29) is 25.4 Å². The van der Waals surface area contributed by atoms with Crippen LogP contribution in [0.4, 0.5) is 4.79 Å². The number of carbonyl (C=O) groups excluding carboxylic acids is 5. The average Bonchev–Trinajstić information content (AvgIpc) is 2.91. The number of unbranched alkanes of at least 4 members (excludes halogenated alkanes) is 1. The number of ether oxygens (including phenoxy) is 1. The third kappa shape index (κ3) is 14.8. The zero-order chi connectivity index (χ0) is 31.9. The highest BCUT2D eigenvalue weighted by molar-refractivity contribution is 5.95. The van der Waals surface area contributed by atoms with Crippen LogP contribution in [0.1, 0.15) is 52.0 Å². The fourth-order valence-corrected chi connectivity index (χ4v) is 3.96. The van der Waals surface area contributed by atoms with Gasteiger partial charge in [0.05, 0.1) is 34.3 Å². The molecule has 0 aliphatic heterocycles. The summed E-state index contributed by atoms with van der Waals surface area (Å²) in [7, 11) is 6.13. The van der Waals surface area contributed by atoms with Crippen LogP contribution in [0.15, 0.2) is 30.3 Å². The van der Waals surface area contributed by atoms with Gasteiger partial charge < -0.3 is 41.3 Å². The molecule has 5 amide bonds. The largest absolute Gasteiger partial charge is 0.445 e. The van der Waals surface area contributed by atoms with E-state index in [1.807, 2.05) is 53.2 Å². The summed E-state index contributed by atoms with van der Waals surface area (Å²) in [5, 5.41) is 19.6. The van der Waals surface area contributed by atoms with Crippen molar-refractivity contribution in [3.63, 3.8) is 0 Å². The lowest BCUT2D eigenvalue weighted by molar-refractivity contribution is -0.870. The monoisotopic (exact) mass is 593 g/mol. The summed E-state index contributed by atoms with van der Waals surface area (Å²) in [6.07, 6.45) is 1.12. The third-order valence-electron chi connectivity index (χ3n) is 6.33. The summed E-state index contributed by atoms with van der Waals surface area (Å²) in [4.78, 5) is 63.0. The molecule has 0 spiro atoms. The van der Waals surface area contributed by atoms with Crippen molar-refractivity contribution in [1.29, 1.82) is 0 Å². The second kappa shape index (κ2) is 18.0. The van der Waals surface area contributed by atoms with Gasteiger partial charge in [-0.15, -0.1) is 0 Å². The van der Waals surface area contributed by atoms with Gasteiger partial charge >= 0.3 is 6.09 Å². The molecule has 42 heavy (non-hydrogen) atoms. The Kier molecular flexibility index (Phi) is 15.5. The van der Waals surface area contributed by atoms with Crippen LogP contribution in [-0.4, -0.2) is 97.8 Å². The van der Waals surface area contributed by atoms with Crippen LogP contribution >= 0.6 is 0 Å². The zero-order valence-corrected chi connectivity index (χ0v) is 25.6. The second-order valence-electron chi connectivity index (χ2n) is 11.8. The van der Waals surface area contributed by atoms with Crippen molar-refractivity contribution in [2.24, 2.45) is 11.7 Å². The minimum Gasteiger partial charge on any atom is -0.445 e. The molecule has 1 aromatic rings. The van der Waals surface area contributed by atoms with E-state index in [2.05, 4.69) is 21.3 Å². The molecule has 13 nitrogen and oxygen atoms in total. The molecule has 7 N–H and O–H groups in total. The Labute approximate surface area is 248 Å². The van der Waals surface area contributed by atoms with E-state index in [1.165, 1.54) is 6.92 Å². The van der Waals surface area contributed by atoms with Gasteiger partial charge in [0.25, 0.3) is 0 Å². The molecule has 0 radical (unpaired) electrons. The van der Waals surface area contributed by atoms with Crippen LogP contribution in [-0.2, 0) is 30.5 Å². The van der Waals surface area contributed by atoms with Gasteiger partial charge in [0, 0.05) is 0 Å². The topological polar surface area (TPSA) is 189 Å². The summed E-state index contributed by atoms with van der Waals surface area (Å²) < 4.78 is 5.89. The molecule has 0 aliphatic rings. The summed E-state index contributed by atoms with van der Waals surface area (Å²) in [6, 6.07) is 4.72. The number of quaternary nitrogens is 1. The highest BCUT2D eigenvalue weighted by Crippen LogP contribution is 2.09. The fourth-order valence-electron chi connectivity index (χ4n) is 3.96. The van der Waals surface area contributed by atoms with E-state index in [4.69, 9.17) is 10.5 Å². The van der Waals surface area contributed by atoms with Crippen LogP contribution in [0.2, 0.25) is 0 Å². The fraction of sp³-hybridized carbons (Fsp3) is 0.621. The molecule has 4 atom stereocenters. The Morgan fingerprint density at radius 1 is 0.833 bits per heavy atom. The molecule has 0 bridgehead atoms. The van der Waals surface area contributed by atoms with Crippen molar-refractivity contribution < 1.29 is 38.3 Å². The summed E-state index contributed by atoms with van der Waals surface area (Å²) in [5.74, 6) is -2.77. The van der Waals surface area contributed by atoms with Crippen molar-refractivity contribution >= 4 is 29.7 Å². The quantitative estimate of drug-likeness (QED) is 0.103. The maximum absolute atomic E-state index is 13.4. The van der Waals surface area contributed by atoms with Gasteiger partial charge in [0.2, 0.25) is 23.6 Å². The molecule has 0 aliphatic carbocycles. The Hall–Kier alpha value is -3.71. The number of hydrogen-bond acceptors (Lipinski definition) is 7. The summed E-state index contributed by atoms with van der Waals surface area (Å²) in [6.45, 7) is 5.41. The summed E-state index contributed by atoms with van der Waals surface area (Å²) in [5.41, 5.74) is 6.03. The maximum Gasteiger partial charge on any atom is 0.408 e. The second-order valence-corrected chi connectivity index (χ2v) is 11.8. The third-order valence-corrected chi connectivity index (χ3v) is 6.33. The van der Waals surface area contributed by atoms with E-state index in [0.29, 0.717) is 6.42 Å². The first-order valence-electron chi connectivity index (χ1n) is 14.2. The Balaban J connectivity index is 2.89. The van der Waals surface area contributed by atoms with Gasteiger partial charge in [-0.2, -0.15) is 0 Å². The summed E-state index contributed by atoms with van der Waals surface area (Å²) >= 11 is 0. The maximum atomic E-state index is 13.4. The van der Waals surface area contributed by atoms with Crippen molar-refractivity contribution in [2.45, 2.75) is 77.2 Å². The Morgan fingerprint density at radius 2 is 1.40 bits per heavy atom. The lowest BCUT2D eigenvalue weighted by Gasteiger charge is -2.27. The van der Waals surface area contributed by atoms with E-state index in [0.717, 1.165) is 23.0 Å². The van der Waals surface area contributed by atoms with Crippen molar-refractivity contribution in [3.8, 4) is 0 Å². The van der Waals surface area contributed by atoms with Crippen LogP contribution in [0.25, 0.3) is 0 Å². The van der Waals surface area contributed by atoms with E-state index >= 15 is 0 Å². The number of alkyl carbamates (subject to hydrolysis) is 1. The van der Waals surface area contributed by atoms with Gasteiger partial charge in [-0.05, 0) is 44.1 Å². The predicted molar refractivity (Wildman–Crippen MR) is 158 cm³/mol. The zero-order valence-electron chi connectivity index (χ0n) is 25.6. The standard InChI is InChI=1S/C29H48N6O7/c1-19(2)16-23(33-26(38)20(3)31-29(41)42-18-21-12-8-7-9-13-21)28(40)32-22(14-10-11-15-35(4,5)6)27(39)34-24(17-36)25(30)37/h7-9,12-13,19-20,22-24,36H,10-11,14-18H2,1-6H3,(H5-,30,31,32,33,34,37,38,39,40,41)/p+1/t20-,22-,23-,24-/m0/s1. The molecule has 0 saturated carbocycles. The lowest BCUT2D eigenvalue weighted by atomic mass is 10.0. The van der Waals surface area contributed by atoms with E-state index in [9.17, 15) is 29.1 Å². The van der Waals surface area contributed by atoms with Gasteiger partial charge in [0.15, 0.2) is 0 Å². The number of hydrogen-bond donors (Lipinski definition) is 6. The molecule has 236 valence electrons. The van der Waals surface area contributed by atoms with Crippen LogP contribution in [0, 0.1) is 5.92 Å². The molecule has 1 aromatic carbocycles. The molecule has 0 saturated heterocycles. The first kappa shape index (κ1) is 36.3. The predicted octanol–water partition coefficient (Wildman–Crippen LogP) is 0.156. The number of aliphatic hydroxyl groups excluding tert-OH is 1. The number of nitrogens with one attached hydrogen (secondary N) is 4. The minimum atomic E-state index is -1.30. The number of nitrogens with two attached hydrogens (primary N) is 1. The van der Waals surface area contributed by atoms with E-state index in [1.54, 1.807) is 12.1 Å². The Bertz CT molecular complexity index is 1030. The van der Waals surface area contributed by atoms with Gasteiger partial charge in [0.1, 0.15) is 30.8 Å². The number of benzene rings is 1. The molecule has 0 unspecified atom stereocenters. The van der Waals surface area contributed by atoms with E-state index < -0.39 is 60.5 Å². The molecule has 13 heteroatoms. The highest BCUT2D eigenvalue weighted by Gasteiger charge is 2.30.